The summed E-state index contributed by atoms with van der Waals surface area (Å²) in [4.78, 5) is 36.7. The number of ether oxygens (including phenoxy) is 2. The number of fused-ring (bicyclic) bond motifs is 1. The van der Waals surface area contributed by atoms with E-state index in [0.29, 0.717) is 23.5 Å². The zero-order valence-corrected chi connectivity index (χ0v) is 19.9. The quantitative estimate of drug-likeness (QED) is 0.329. The molecule has 1 atom stereocenters. The standard InChI is InChI=1S/C26H26F2N4O4/c1-16(33)19(10-6-9-17-7-4-3-5-8-17)32-15-29-23-24(32)30-22(31-25(23)34)14-18-11-12-20(35-2)21(13-18)36-26(27)28/h3-5,7-8,11-13,15,19,26H,6,9-10,14H2,1-2H3,(H,30,31,34). The van der Waals surface area contributed by atoms with Crippen LogP contribution < -0.4 is 15.0 Å². The highest BCUT2D eigenvalue weighted by Gasteiger charge is 2.21. The van der Waals surface area contributed by atoms with E-state index in [-0.39, 0.29) is 29.2 Å². The summed E-state index contributed by atoms with van der Waals surface area (Å²) in [5.41, 5.74) is 1.74. The molecule has 0 aliphatic rings. The summed E-state index contributed by atoms with van der Waals surface area (Å²) in [6.45, 7) is -1.50. The third kappa shape index (κ3) is 5.76. The highest BCUT2D eigenvalue weighted by atomic mass is 19.3. The number of alkyl halides is 2. The summed E-state index contributed by atoms with van der Waals surface area (Å²) in [5, 5.41) is 0. The van der Waals surface area contributed by atoms with Gasteiger partial charge in [-0.1, -0.05) is 36.4 Å². The molecular weight excluding hydrogens is 470 g/mol. The van der Waals surface area contributed by atoms with Crippen molar-refractivity contribution in [2.75, 3.05) is 7.11 Å². The molecule has 2 aromatic carbocycles. The number of methoxy groups -OCH3 is 1. The first-order chi connectivity index (χ1) is 17.4. The Morgan fingerprint density at radius 2 is 1.89 bits per heavy atom. The van der Waals surface area contributed by atoms with Gasteiger partial charge in [0.1, 0.15) is 5.82 Å². The van der Waals surface area contributed by atoms with Crippen molar-refractivity contribution in [2.24, 2.45) is 0 Å². The van der Waals surface area contributed by atoms with E-state index in [1.807, 2.05) is 30.3 Å². The van der Waals surface area contributed by atoms with Crippen LogP contribution in [0.3, 0.4) is 0 Å². The molecule has 188 valence electrons. The van der Waals surface area contributed by atoms with Gasteiger partial charge < -0.3 is 19.0 Å². The van der Waals surface area contributed by atoms with Crippen LogP contribution in [0.4, 0.5) is 8.78 Å². The molecule has 0 spiro atoms. The zero-order chi connectivity index (χ0) is 25.7. The molecule has 0 saturated carbocycles. The minimum absolute atomic E-state index is 0.0602. The van der Waals surface area contributed by atoms with E-state index in [1.54, 1.807) is 10.6 Å². The minimum Gasteiger partial charge on any atom is -0.493 e. The number of rotatable bonds is 11. The number of carbonyl (C=O) groups is 1. The SMILES string of the molecule is COc1ccc(Cc2nc3c(ncn3C(CCCc3ccccc3)C(C)=O)c(=O)[nH]2)cc1OC(F)F. The van der Waals surface area contributed by atoms with Crippen molar-refractivity contribution in [1.82, 2.24) is 19.5 Å². The Hall–Kier alpha value is -4.08. The van der Waals surface area contributed by atoms with Gasteiger partial charge in [-0.05, 0) is 49.4 Å². The average molecular weight is 497 g/mol. The third-order valence-corrected chi connectivity index (χ3v) is 5.89. The van der Waals surface area contributed by atoms with Crippen LogP contribution in [0.15, 0.2) is 59.7 Å². The first kappa shape index (κ1) is 25.0. The molecule has 10 heteroatoms. The lowest BCUT2D eigenvalue weighted by atomic mass is 10.0. The molecule has 2 heterocycles. The average Bonchev–Trinajstić information content (AvgIpc) is 3.26. The van der Waals surface area contributed by atoms with E-state index in [0.717, 1.165) is 12.8 Å². The van der Waals surface area contributed by atoms with Gasteiger partial charge in [-0.25, -0.2) is 9.97 Å². The summed E-state index contributed by atoms with van der Waals surface area (Å²) in [6.07, 6.45) is 3.75. The van der Waals surface area contributed by atoms with Crippen molar-refractivity contribution in [3.05, 3.63) is 82.2 Å². The molecule has 0 saturated heterocycles. The molecule has 0 aliphatic carbocycles. The normalized spacial score (nSPS) is 12.1. The highest BCUT2D eigenvalue weighted by molar-refractivity contribution is 5.82. The lowest BCUT2D eigenvalue weighted by molar-refractivity contribution is -0.120. The van der Waals surface area contributed by atoms with E-state index in [1.165, 1.54) is 38.1 Å². The topological polar surface area (TPSA) is 99.1 Å². The van der Waals surface area contributed by atoms with Gasteiger partial charge in [-0.15, -0.1) is 0 Å². The molecule has 2 aromatic heterocycles. The lowest BCUT2D eigenvalue weighted by Crippen LogP contribution is -2.19. The maximum absolute atomic E-state index is 12.8. The minimum atomic E-state index is -3.01. The molecule has 0 aliphatic heterocycles. The van der Waals surface area contributed by atoms with Crippen molar-refractivity contribution >= 4 is 16.9 Å². The Morgan fingerprint density at radius 1 is 1.11 bits per heavy atom. The van der Waals surface area contributed by atoms with E-state index >= 15 is 0 Å². The number of halogens is 2. The number of carbonyl (C=O) groups excluding carboxylic acids is 1. The Balaban J connectivity index is 1.60. The van der Waals surface area contributed by atoms with Gasteiger partial charge in [0.15, 0.2) is 28.4 Å². The molecule has 4 rings (SSSR count). The summed E-state index contributed by atoms with van der Waals surface area (Å²) < 4.78 is 36.8. The third-order valence-electron chi connectivity index (χ3n) is 5.89. The van der Waals surface area contributed by atoms with Crippen LogP contribution in [0.1, 0.15) is 42.8 Å². The van der Waals surface area contributed by atoms with Crippen molar-refractivity contribution < 1.29 is 23.0 Å². The van der Waals surface area contributed by atoms with Gasteiger partial charge in [0, 0.05) is 6.42 Å². The molecule has 1 unspecified atom stereocenters. The van der Waals surface area contributed by atoms with Crippen molar-refractivity contribution in [2.45, 2.75) is 45.3 Å². The number of aromatic amines is 1. The van der Waals surface area contributed by atoms with E-state index in [2.05, 4.69) is 19.7 Å². The molecule has 8 nitrogen and oxygen atoms in total. The van der Waals surface area contributed by atoms with Crippen LogP contribution in [0.2, 0.25) is 0 Å². The van der Waals surface area contributed by atoms with E-state index in [9.17, 15) is 18.4 Å². The number of hydrogen-bond acceptors (Lipinski definition) is 6. The van der Waals surface area contributed by atoms with Crippen LogP contribution in [0.5, 0.6) is 11.5 Å². The van der Waals surface area contributed by atoms with Gasteiger partial charge in [-0.3, -0.25) is 9.59 Å². The summed E-state index contributed by atoms with van der Waals surface area (Å²) in [5.74, 6) is 0.284. The van der Waals surface area contributed by atoms with Gasteiger partial charge in [0.25, 0.3) is 5.56 Å². The van der Waals surface area contributed by atoms with E-state index < -0.39 is 18.2 Å². The second kappa shape index (κ2) is 11.1. The number of nitrogens with one attached hydrogen (secondary N) is 1. The molecule has 36 heavy (non-hydrogen) atoms. The Bertz CT molecular complexity index is 1400. The summed E-state index contributed by atoms with van der Waals surface area (Å²) in [6, 6.07) is 14.1. The molecule has 1 N–H and O–H groups in total. The number of imidazole rings is 1. The van der Waals surface area contributed by atoms with Crippen molar-refractivity contribution in [3.63, 3.8) is 0 Å². The van der Waals surface area contributed by atoms with Gasteiger partial charge >= 0.3 is 6.61 Å². The smallest absolute Gasteiger partial charge is 0.387 e. The molecular formula is C26H26F2N4O4. The van der Waals surface area contributed by atoms with Crippen LogP contribution in [-0.4, -0.2) is 39.0 Å². The first-order valence-corrected chi connectivity index (χ1v) is 11.5. The van der Waals surface area contributed by atoms with Crippen molar-refractivity contribution in [1.29, 1.82) is 0 Å². The summed E-state index contributed by atoms with van der Waals surface area (Å²) in [7, 11) is 1.35. The van der Waals surface area contributed by atoms with Gasteiger partial charge in [0.2, 0.25) is 0 Å². The Kier molecular flexibility index (Phi) is 7.72. The molecule has 4 aromatic rings. The molecule has 0 radical (unpaired) electrons. The monoisotopic (exact) mass is 496 g/mol. The Labute approximate surface area is 205 Å². The highest BCUT2D eigenvalue weighted by Crippen LogP contribution is 2.30. The predicted octanol–water partition coefficient (Wildman–Crippen LogP) is 4.47. The number of aromatic nitrogens is 4. The Morgan fingerprint density at radius 3 is 2.58 bits per heavy atom. The van der Waals surface area contributed by atoms with Crippen LogP contribution in [-0.2, 0) is 17.6 Å². The lowest BCUT2D eigenvalue weighted by Gasteiger charge is -2.16. The van der Waals surface area contributed by atoms with Gasteiger partial charge in [0.05, 0.1) is 19.5 Å². The van der Waals surface area contributed by atoms with E-state index in [4.69, 9.17) is 4.74 Å². The fourth-order valence-electron chi connectivity index (χ4n) is 4.18. The number of Topliss-reactive ketones (excluding diaryl/α,β-unsaturated/α-hetero) is 1. The fraction of sp³-hybridized carbons (Fsp3) is 0.308. The van der Waals surface area contributed by atoms with Crippen LogP contribution in [0.25, 0.3) is 11.2 Å². The maximum Gasteiger partial charge on any atom is 0.387 e. The molecule has 0 fully saturated rings. The molecule has 0 amide bonds. The summed E-state index contributed by atoms with van der Waals surface area (Å²) >= 11 is 0. The number of benzene rings is 2. The van der Waals surface area contributed by atoms with Crippen LogP contribution >= 0.6 is 0 Å². The van der Waals surface area contributed by atoms with Crippen molar-refractivity contribution in [3.8, 4) is 11.5 Å². The number of ketones is 1. The number of hydrogen-bond donors (Lipinski definition) is 1. The second-order valence-electron chi connectivity index (χ2n) is 8.38. The predicted molar refractivity (Wildman–Crippen MR) is 130 cm³/mol. The number of aryl methyl sites for hydroxylation is 1. The first-order valence-electron chi connectivity index (χ1n) is 11.5. The van der Waals surface area contributed by atoms with Crippen LogP contribution in [0, 0.1) is 0 Å². The number of H-pyrrole nitrogens is 1. The van der Waals surface area contributed by atoms with Gasteiger partial charge in [-0.2, -0.15) is 8.78 Å². The maximum atomic E-state index is 12.8. The second-order valence-corrected chi connectivity index (χ2v) is 8.38. The fourth-order valence-corrected chi connectivity index (χ4v) is 4.18. The number of nitrogens with zero attached hydrogens (tertiary/aromatic N) is 3. The zero-order valence-electron chi connectivity index (χ0n) is 19.9. The molecule has 0 bridgehead atoms. The largest absolute Gasteiger partial charge is 0.493 e.